The van der Waals surface area contributed by atoms with E-state index in [1.807, 2.05) is 52.2 Å². The third kappa shape index (κ3) is 4.64. The second kappa shape index (κ2) is 8.50. The van der Waals surface area contributed by atoms with E-state index < -0.39 is 0 Å². The molecule has 0 bridgehead atoms. The molecule has 0 radical (unpaired) electrons. The molecule has 1 atom stereocenters. The number of hydrogen-bond acceptors (Lipinski definition) is 4. The lowest BCUT2D eigenvalue weighted by Gasteiger charge is -2.35. The molecule has 142 valence electrons. The van der Waals surface area contributed by atoms with Crippen molar-refractivity contribution in [1.82, 2.24) is 19.6 Å². The molecule has 2 aliphatic rings. The van der Waals surface area contributed by atoms with E-state index in [0.717, 1.165) is 50.6 Å². The Bertz CT molecular complexity index is 772. The molecule has 1 unspecified atom stereocenters. The Morgan fingerprint density at radius 3 is 2.74 bits per heavy atom. The van der Waals surface area contributed by atoms with Crippen LogP contribution in [0.4, 0.5) is 0 Å². The van der Waals surface area contributed by atoms with E-state index in [9.17, 15) is 4.79 Å². The van der Waals surface area contributed by atoms with Gasteiger partial charge in [-0.1, -0.05) is 18.2 Å². The first-order chi connectivity index (χ1) is 13.3. The highest BCUT2D eigenvalue weighted by Crippen LogP contribution is 2.15. The number of hydrogen-bond donors (Lipinski definition) is 0. The summed E-state index contributed by atoms with van der Waals surface area (Å²) in [7, 11) is 0. The molecule has 6 nitrogen and oxygen atoms in total. The van der Waals surface area contributed by atoms with Crippen molar-refractivity contribution in [2.45, 2.75) is 18.9 Å². The van der Waals surface area contributed by atoms with Gasteiger partial charge in [-0.05, 0) is 31.1 Å². The van der Waals surface area contributed by atoms with E-state index in [1.54, 1.807) is 12.3 Å². The average molecular weight is 366 g/mol. The number of para-hydroxylation sites is 1. The van der Waals surface area contributed by atoms with Crippen LogP contribution in [0.1, 0.15) is 18.4 Å². The fourth-order valence-electron chi connectivity index (χ4n) is 3.64. The quantitative estimate of drug-likeness (QED) is 0.762. The summed E-state index contributed by atoms with van der Waals surface area (Å²) in [4.78, 5) is 16.8. The van der Waals surface area contributed by atoms with Gasteiger partial charge in [-0.15, -0.1) is 0 Å². The summed E-state index contributed by atoms with van der Waals surface area (Å²) in [6, 6.07) is 9.94. The molecule has 4 rings (SSSR count). The van der Waals surface area contributed by atoms with E-state index >= 15 is 0 Å². The molecule has 1 aromatic heterocycles. The molecule has 3 heterocycles. The van der Waals surface area contributed by atoms with Crippen LogP contribution in [0.25, 0.3) is 11.8 Å². The fraction of sp³-hybridized carbons (Fsp3) is 0.429. The number of ether oxygens (including phenoxy) is 1. The van der Waals surface area contributed by atoms with Crippen molar-refractivity contribution in [3.8, 4) is 5.69 Å². The number of nitrogens with zero attached hydrogens (tertiary/aromatic N) is 4. The van der Waals surface area contributed by atoms with E-state index in [-0.39, 0.29) is 5.91 Å². The van der Waals surface area contributed by atoms with Gasteiger partial charge in [0.05, 0.1) is 18.0 Å². The minimum atomic E-state index is 0.0687. The van der Waals surface area contributed by atoms with E-state index in [4.69, 9.17) is 4.74 Å². The van der Waals surface area contributed by atoms with Crippen LogP contribution in [-0.4, -0.2) is 70.9 Å². The summed E-state index contributed by atoms with van der Waals surface area (Å²) >= 11 is 0. The van der Waals surface area contributed by atoms with Crippen molar-refractivity contribution < 1.29 is 9.53 Å². The molecule has 0 spiro atoms. The molecule has 2 aliphatic heterocycles. The van der Waals surface area contributed by atoms with Crippen LogP contribution >= 0.6 is 0 Å². The summed E-state index contributed by atoms with van der Waals surface area (Å²) in [5.74, 6) is 0.0687. The van der Waals surface area contributed by atoms with Crippen LogP contribution in [0.5, 0.6) is 0 Å². The van der Waals surface area contributed by atoms with Crippen LogP contribution in [0.3, 0.4) is 0 Å². The molecular formula is C21H26N4O2. The number of carbonyl (C=O) groups is 1. The average Bonchev–Trinajstić information content (AvgIpc) is 3.39. The van der Waals surface area contributed by atoms with Gasteiger partial charge < -0.3 is 9.64 Å². The summed E-state index contributed by atoms with van der Waals surface area (Å²) < 4.78 is 7.52. The third-order valence-corrected chi connectivity index (χ3v) is 5.21. The van der Waals surface area contributed by atoms with Crippen LogP contribution < -0.4 is 0 Å². The number of benzene rings is 1. The maximum absolute atomic E-state index is 12.5. The van der Waals surface area contributed by atoms with Crippen molar-refractivity contribution in [2.75, 3.05) is 39.3 Å². The highest BCUT2D eigenvalue weighted by atomic mass is 16.5. The van der Waals surface area contributed by atoms with Crippen molar-refractivity contribution in [2.24, 2.45) is 0 Å². The zero-order chi connectivity index (χ0) is 18.5. The minimum absolute atomic E-state index is 0.0687. The highest BCUT2D eigenvalue weighted by Gasteiger charge is 2.24. The molecule has 27 heavy (non-hydrogen) atoms. The van der Waals surface area contributed by atoms with Crippen molar-refractivity contribution >= 4 is 12.0 Å². The summed E-state index contributed by atoms with van der Waals surface area (Å²) in [5, 5.41) is 4.36. The van der Waals surface area contributed by atoms with Gasteiger partial charge in [0.2, 0.25) is 5.91 Å². The first-order valence-electron chi connectivity index (χ1n) is 9.69. The first-order valence-corrected chi connectivity index (χ1v) is 9.69. The summed E-state index contributed by atoms with van der Waals surface area (Å²) in [6.07, 6.45) is 9.92. The third-order valence-electron chi connectivity index (χ3n) is 5.21. The number of carbonyl (C=O) groups excluding carboxylic acids is 1. The number of amides is 1. The molecule has 0 aliphatic carbocycles. The Morgan fingerprint density at radius 1 is 1.19 bits per heavy atom. The molecule has 1 amide bonds. The lowest BCUT2D eigenvalue weighted by Crippen LogP contribution is -2.50. The largest absolute Gasteiger partial charge is 0.377 e. The van der Waals surface area contributed by atoms with Gasteiger partial charge in [0, 0.05) is 57.2 Å². The SMILES string of the molecule is O=C(/C=C/c1cnn(-c2ccccc2)c1)N1CCN(CC2CCCO2)CC1. The molecular weight excluding hydrogens is 340 g/mol. The highest BCUT2D eigenvalue weighted by molar-refractivity contribution is 5.91. The Balaban J connectivity index is 1.27. The molecule has 1 aromatic carbocycles. The Kier molecular flexibility index (Phi) is 5.65. The predicted octanol–water partition coefficient (Wildman–Crippen LogP) is 2.21. The molecule has 2 saturated heterocycles. The van der Waals surface area contributed by atoms with Crippen molar-refractivity contribution in [3.05, 3.63) is 54.4 Å². The van der Waals surface area contributed by atoms with E-state index in [0.29, 0.717) is 6.10 Å². The maximum Gasteiger partial charge on any atom is 0.246 e. The van der Waals surface area contributed by atoms with Gasteiger partial charge in [-0.25, -0.2) is 4.68 Å². The van der Waals surface area contributed by atoms with E-state index in [2.05, 4.69) is 10.00 Å². The Morgan fingerprint density at radius 2 is 2.00 bits per heavy atom. The Hall–Kier alpha value is -2.44. The molecule has 0 saturated carbocycles. The lowest BCUT2D eigenvalue weighted by molar-refractivity contribution is -0.127. The predicted molar refractivity (Wildman–Crippen MR) is 105 cm³/mol. The van der Waals surface area contributed by atoms with Gasteiger partial charge in [-0.3, -0.25) is 9.69 Å². The van der Waals surface area contributed by atoms with Gasteiger partial charge in [-0.2, -0.15) is 5.10 Å². The van der Waals surface area contributed by atoms with E-state index in [1.165, 1.54) is 12.8 Å². The molecule has 2 fully saturated rings. The fourth-order valence-corrected chi connectivity index (χ4v) is 3.64. The normalized spacial score (nSPS) is 21.2. The molecule has 0 N–H and O–H groups in total. The minimum Gasteiger partial charge on any atom is -0.377 e. The standard InChI is InChI=1S/C21H26N4O2/c26-21(24-12-10-23(11-13-24)17-20-7-4-14-27-20)9-8-18-15-22-25(16-18)19-5-2-1-3-6-19/h1-3,5-6,8-9,15-16,20H,4,7,10-14,17H2/b9-8+. The first kappa shape index (κ1) is 17.9. The number of aromatic nitrogens is 2. The van der Waals surface area contributed by atoms with Gasteiger partial charge >= 0.3 is 0 Å². The topological polar surface area (TPSA) is 50.6 Å². The second-order valence-corrected chi connectivity index (χ2v) is 7.15. The Labute approximate surface area is 160 Å². The van der Waals surface area contributed by atoms with Gasteiger partial charge in [0.25, 0.3) is 0 Å². The zero-order valence-electron chi connectivity index (χ0n) is 15.5. The maximum atomic E-state index is 12.5. The lowest BCUT2D eigenvalue weighted by atomic mass is 10.2. The van der Waals surface area contributed by atoms with Gasteiger partial charge in [0.1, 0.15) is 0 Å². The number of rotatable bonds is 5. The zero-order valence-corrected chi connectivity index (χ0v) is 15.5. The van der Waals surface area contributed by atoms with Crippen LogP contribution in [-0.2, 0) is 9.53 Å². The van der Waals surface area contributed by atoms with Gasteiger partial charge in [0.15, 0.2) is 0 Å². The number of piperazine rings is 1. The van der Waals surface area contributed by atoms with Crippen LogP contribution in [0.2, 0.25) is 0 Å². The van der Waals surface area contributed by atoms with Crippen molar-refractivity contribution in [3.63, 3.8) is 0 Å². The second-order valence-electron chi connectivity index (χ2n) is 7.15. The smallest absolute Gasteiger partial charge is 0.246 e. The molecule has 6 heteroatoms. The van der Waals surface area contributed by atoms with Crippen LogP contribution in [0, 0.1) is 0 Å². The summed E-state index contributed by atoms with van der Waals surface area (Å²) in [6.45, 7) is 5.29. The molecule has 2 aromatic rings. The summed E-state index contributed by atoms with van der Waals surface area (Å²) in [5.41, 5.74) is 1.93. The van der Waals surface area contributed by atoms with Crippen molar-refractivity contribution in [1.29, 1.82) is 0 Å². The van der Waals surface area contributed by atoms with Crippen LogP contribution in [0.15, 0.2) is 48.8 Å². The monoisotopic (exact) mass is 366 g/mol.